The van der Waals surface area contributed by atoms with Crippen molar-refractivity contribution in [1.29, 1.82) is 0 Å². The van der Waals surface area contributed by atoms with Gasteiger partial charge >= 0.3 is 0 Å². The quantitative estimate of drug-likeness (QED) is 0.811. The highest BCUT2D eigenvalue weighted by Crippen LogP contribution is 2.22. The number of anilines is 1. The Morgan fingerprint density at radius 1 is 1.44 bits per heavy atom. The van der Waals surface area contributed by atoms with Crippen LogP contribution in [0.4, 0.5) is 5.82 Å². The van der Waals surface area contributed by atoms with Gasteiger partial charge in [-0.3, -0.25) is 0 Å². The minimum Gasteiger partial charge on any atom is -0.354 e. The van der Waals surface area contributed by atoms with E-state index in [0.717, 1.165) is 16.8 Å². The van der Waals surface area contributed by atoms with Gasteiger partial charge in [0.05, 0.1) is 6.20 Å². The summed E-state index contributed by atoms with van der Waals surface area (Å²) in [6, 6.07) is 3.88. The van der Waals surface area contributed by atoms with Crippen LogP contribution in [0.2, 0.25) is 0 Å². The second-order valence-corrected chi connectivity index (χ2v) is 4.99. The molecule has 0 unspecified atom stereocenters. The van der Waals surface area contributed by atoms with Gasteiger partial charge in [0.2, 0.25) is 0 Å². The number of halogens is 1. The van der Waals surface area contributed by atoms with Gasteiger partial charge in [-0.05, 0) is 19.9 Å². The molecular weight excluding hydrogens is 268 g/mol. The number of rotatable bonds is 3. The molecule has 0 aliphatic rings. The number of fused-ring (bicyclic) bond motifs is 1. The van der Waals surface area contributed by atoms with Crippen LogP contribution in [0.1, 0.15) is 13.8 Å². The molecule has 4 nitrogen and oxygen atoms in total. The van der Waals surface area contributed by atoms with Crippen molar-refractivity contribution in [3.05, 3.63) is 24.5 Å². The molecule has 0 spiro atoms. The first-order chi connectivity index (χ1) is 7.54. The minimum absolute atomic E-state index is 0.0331. The van der Waals surface area contributed by atoms with Crippen LogP contribution in [-0.4, -0.2) is 32.5 Å². The molecule has 0 N–H and O–H groups in total. The van der Waals surface area contributed by atoms with Crippen LogP contribution in [-0.2, 0) is 0 Å². The zero-order valence-electron chi connectivity index (χ0n) is 9.68. The fraction of sp³-hybridized carbons (Fsp3) is 0.455. The molecule has 0 aromatic carbocycles. The molecule has 2 rings (SSSR count). The number of aromatic nitrogens is 3. The SMILES string of the molecule is CN(c1ccn2nccc2n1)C(C)(C)CBr. The second kappa shape index (κ2) is 4.05. The number of alkyl halides is 1. The number of nitrogens with zero attached hydrogens (tertiary/aromatic N) is 4. The lowest BCUT2D eigenvalue weighted by Gasteiger charge is -2.35. The molecular formula is C11H15BrN4. The van der Waals surface area contributed by atoms with Gasteiger partial charge in [-0.15, -0.1) is 0 Å². The summed E-state index contributed by atoms with van der Waals surface area (Å²) in [5, 5.41) is 5.02. The Kier molecular flexibility index (Phi) is 2.88. The van der Waals surface area contributed by atoms with Gasteiger partial charge in [0, 0.05) is 30.2 Å². The van der Waals surface area contributed by atoms with Crippen LogP contribution in [0.5, 0.6) is 0 Å². The van der Waals surface area contributed by atoms with E-state index >= 15 is 0 Å². The van der Waals surface area contributed by atoms with Crippen molar-refractivity contribution in [2.75, 3.05) is 17.3 Å². The van der Waals surface area contributed by atoms with E-state index in [1.807, 2.05) is 18.3 Å². The molecule has 0 fully saturated rings. The lowest BCUT2D eigenvalue weighted by atomic mass is 10.1. The summed E-state index contributed by atoms with van der Waals surface area (Å²) in [4.78, 5) is 6.72. The summed E-state index contributed by atoms with van der Waals surface area (Å²) in [5.74, 6) is 0.956. The van der Waals surface area contributed by atoms with Crippen LogP contribution in [0.15, 0.2) is 24.5 Å². The van der Waals surface area contributed by atoms with E-state index in [9.17, 15) is 0 Å². The van der Waals surface area contributed by atoms with Crippen molar-refractivity contribution in [2.24, 2.45) is 0 Å². The maximum absolute atomic E-state index is 4.55. The zero-order chi connectivity index (χ0) is 11.8. The maximum Gasteiger partial charge on any atom is 0.157 e. The van der Waals surface area contributed by atoms with E-state index in [1.54, 1.807) is 10.7 Å². The van der Waals surface area contributed by atoms with Crippen LogP contribution in [0.25, 0.3) is 5.65 Å². The van der Waals surface area contributed by atoms with Crippen LogP contribution in [0, 0.1) is 0 Å². The van der Waals surface area contributed by atoms with Crippen LogP contribution >= 0.6 is 15.9 Å². The molecule has 2 aromatic heterocycles. The minimum atomic E-state index is 0.0331. The first-order valence-corrected chi connectivity index (χ1v) is 6.27. The normalized spacial score (nSPS) is 12.0. The fourth-order valence-electron chi connectivity index (χ4n) is 1.39. The van der Waals surface area contributed by atoms with Crippen molar-refractivity contribution in [2.45, 2.75) is 19.4 Å². The summed E-state index contributed by atoms with van der Waals surface area (Å²) < 4.78 is 1.76. The van der Waals surface area contributed by atoms with Crippen molar-refractivity contribution in [1.82, 2.24) is 14.6 Å². The third kappa shape index (κ3) is 1.91. The van der Waals surface area contributed by atoms with Gasteiger partial charge < -0.3 is 4.90 Å². The average molecular weight is 283 g/mol. The zero-order valence-corrected chi connectivity index (χ0v) is 11.3. The van der Waals surface area contributed by atoms with Gasteiger partial charge in [0.1, 0.15) is 5.82 Å². The van der Waals surface area contributed by atoms with Crippen LogP contribution < -0.4 is 4.90 Å². The standard InChI is InChI=1S/C11H15BrN4/c1-11(2,8-12)15(3)9-5-7-16-10(14-9)4-6-13-16/h4-7H,8H2,1-3H3. The van der Waals surface area contributed by atoms with Crippen molar-refractivity contribution in [3.8, 4) is 0 Å². The molecule has 0 aliphatic heterocycles. The van der Waals surface area contributed by atoms with E-state index in [-0.39, 0.29) is 5.54 Å². The molecule has 2 aromatic rings. The summed E-state index contributed by atoms with van der Waals surface area (Å²) in [6.45, 7) is 4.34. The van der Waals surface area contributed by atoms with Gasteiger partial charge in [0.25, 0.3) is 0 Å². The molecule has 0 amide bonds. The van der Waals surface area contributed by atoms with Gasteiger partial charge in [-0.25, -0.2) is 9.50 Å². The monoisotopic (exact) mass is 282 g/mol. The van der Waals surface area contributed by atoms with Crippen molar-refractivity contribution in [3.63, 3.8) is 0 Å². The van der Waals surface area contributed by atoms with Gasteiger partial charge in [-0.2, -0.15) is 5.10 Å². The van der Waals surface area contributed by atoms with Gasteiger partial charge in [0.15, 0.2) is 5.65 Å². The molecule has 0 bridgehead atoms. The Labute approximate surface area is 103 Å². The molecule has 86 valence electrons. The van der Waals surface area contributed by atoms with E-state index in [0.29, 0.717) is 0 Å². The second-order valence-electron chi connectivity index (χ2n) is 4.42. The molecule has 0 aliphatic carbocycles. The highest BCUT2D eigenvalue weighted by molar-refractivity contribution is 9.09. The van der Waals surface area contributed by atoms with E-state index in [1.165, 1.54) is 0 Å². The Hall–Kier alpha value is -1.10. The number of hydrogen-bond acceptors (Lipinski definition) is 3. The van der Waals surface area contributed by atoms with Crippen LogP contribution in [0.3, 0.4) is 0 Å². The average Bonchev–Trinajstić information content (AvgIpc) is 2.74. The topological polar surface area (TPSA) is 33.4 Å². The molecule has 16 heavy (non-hydrogen) atoms. The van der Waals surface area contributed by atoms with E-state index in [2.05, 4.69) is 51.8 Å². The maximum atomic E-state index is 4.55. The lowest BCUT2D eigenvalue weighted by Crippen LogP contribution is -2.43. The predicted molar refractivity (Wildman–Crippen MR) is 69.3 cm³/mol. The Balaban J connectivity index is 2.39. The Bertz CT molecular complexity index is 491. The first kappa shape index (κ1) is 11.4. The summed E-state index contributed by atoms with van der Waals surface area (Å²) in [6.07, 6.45) is 3.68. The Morgan fingerprint density at radius 2 is 2.19 bits per heavy atom. The molecule has 0 saturated heterocycles. The summed E-state index contributed by atoms with van der Waals surface area (Å²) in [7, 11) is 2.05. The lowest BCUT2D eigenvalue weighted by molar-refractivity contribution is 0.547. The number of hydrogen-bond donors (Lipinski definition) is 0. The first-order valence-electron chi connectivity index (χ1n) is 5.15. The Morgan fingerprint density at radius 3 is 2.88 bits per heavy atom. The van der Waals surface area contributed by atoms with E-state index in [4.69, 9.17) is 0 Å². The summed E-state index contributed by atoms with van der Waals surface area (Å²) in [5.41, 5.74) is 0.903. The smallest absolute Gasteiger partial charge is 0.157 e. The fourth-order valence-corrected chi connectivity index (χ4v) is 1.77. The molecule has 5 heteroatoms. The van der Waals surface area contributed by atoms with E-state index < -0.39 is 0 Å². The third-order valence-corrected chi connectivity index (χ3v) is 4.19. The van der Waals surface area contributed by atoms with Crippen molar-refractivity contribution < 1.29 is 0 Å². The molecule has 0 radical (unpaired) electrons. The van der Waals surface area contributed by atoms with Gasteiger partial charge in [-0.1, -0.05) is 15.9 Å². The molecule has 2 heterocycles. The molecule has 0 saturated carbocycles. The van der Waals surface area contributed by atoms with Crippen molar-refractivity contribution >= 4 is 27.4 Å². The summed E-state index contributed by atoms with van der Waals surface area (Å²) >= 11 is 3.52. The predicted octanol–water partition coefficient (Wildman–Crippen LogP) is 2.34. The third-order valence-electron chi connectivity index (χ3n) is 2.82. The molecule has 0 atom stereocenters. The highest BCUT2D eigenvalue weighted by Gasteiger charge is 2.23. The highest BCUT2D eigenvalue weighted by atomic mass is 79.9. The largest absolute Gasteiger partial charge is 0.354 e.